The van der Waals surface area contributed by atoms with E-state index in [1.165, 1.54) is 19.1 Å². The van der Waals surface area contributed by atoms with Crippen molar-refractivity contribution in [3.63, 3.8) is 0 Å². The molecule has 1 rings (SSSR count). The molecule has 5 nitrogen and oxygen atoms in total. The van der Waals surface area contributed by atoms with Crippen molar-refractivity contribution in [3.05, 3.63) is 30.1 Å². The van der Waals surface area contributed by atoms with Crippen LogP contribution in [-0.4, -0.2) is 19.9 Å². The first-order valence-electron chi connectivity index (χ1n) is 5.31. The number of nitrogens with two attached hydrogens (primary N) is 1. The molecule has 0 aliphatic heterocycles. The quantitative estimate of drug-likeness (QED) is 0.830. The van der Waals surface area contributed by atoms with Gasteiger partial charge in [0.1, 0.15) is 11.4 Å². The SMILES string of the molecule is CCC(C)(NS(=O)(=O)c1cccc(F)c1)C(N)=O. The van der Waals surface area contributed by atoms with Crippen LogP contribution in [0.1, 0.15) is 20.3 Å². The molecule has 0 radical (unpaired) electrons. The van der Waals surface area contributed by atoms with Crippen molar-refractivity contribution in [2.75, 3.05) is 0 Å². The third-order valence-corrected chi connectivity index (χ3v) is 4.31. The van der Waals surface area contributed by atoms with Gasteiger partial charge in [0.25, 0.3) is 0 Å². The van der Waals surface area contributed by atoms with Gasteiger partial charge in [-0.2, -0.15) is 4.72 Å². The third kappa shape index (κ3) is 3.05. The van der Waals surface area contributed by atoms with E-state index in [0.717, 1.165) is 12.1 Å². The average molecular weight is 274 g/mol. The van der Waals surface area contributed by atoms with Crippen LogP contribution < -0.4 is 10.5 Å². The molecule has 0 aromatic heterocycles. The molecule has 0 fully saturated rings. The second kappa shape index (κ2) is 5.03. The Labute approximate surface area is 105 Å². The summed E-state index contributed by atoms with van der Waals surface area (Å²) in [6, 6.07) is 4.52. The lowest BCUT2D eigenvalue weighted by Gasteiger charge is -2.25. The highest BCUT2D eigenvalue weighted by molar-refractivity contribution is 7.89. The third-order valence-electron chi connectivity index (χ3n) is 2.72. The summed E-state index contributed by atoms with van der Waals surface area (Å²) in [4.78, 5) is 11.0. The molecule has 1 aromatic carbocycles. The van der Waals surface area contributed by atoms with E-state index < -0.39 is 27.3 Å². The molecule has 3 N–H and O–H groups in total. The Hall–Kier alpha value is -1.47. The lowest BCUT2D eigenvalue weighted by atomic mass is 10.0. The summed E-state index contributed by atoms with van der Waals surface area (Å²) in [5, 5.41) is 0. The van der Waals surface area contributed by atoms with Crippen LogP contribution in [0.2, 0.25) is 0 Å². The molecule has 18 heavy (non-hydrogen) atoms. The largest absolute Gasteiger partial charge is 0.368 e. The Kier molecular flexibility index (Phi) is 4.08. The number of rotatable bonds is 5. The maximum Gasteiger partial charge on any atom is 0.241 e. The summed E-state index contributed by atoms with van der Waals surface area (Å²) < 4.78 is 39.1. The number of carbonyl (C=O) groups excluding carboxylic acids is 1. The van der Waals surface area contributed by atoms with Crippen molar-refractivity contribution in [1.82, 2.24) is 4.72 Å². The highest BCUT2D eigenvalue weighted by Gasteiger charge is 2.34. The predicted molar refractivity (Wildman–Crippen MR) is 64.6 cm³/mol. The fraction of sp³-hybridized carbons (Fsp3) is 0.364. The lowest BCUT2D eigenvalue weighted by molar-refractivity contribution is -0.123. The van der Waals surface area contributed by atoms with Crippen molar-refractivity contribution in [3.8, 4) is 0 Å². The van der Waals surface area contributed by atoms with E-state index in [1.54, 1.807) is 6.92 Å². The Morgan fingerprint density at radius 3 is 2.56 bits per heavy atom. The number of sulfonamides is 1. The summed E-state index contributed by atoms with van der Waals surface area (Å²) >= 11 is 0. The van der Waals surface area contributed by atoms with Gasteiger partial charge in [-0.05, 0) is 31.5 Å². The summed E-state index contributed by atoms with van der Waals surface area (Å²) in [5.41, 5.74) is 3.76. The number of hydrogen-bond donors (Lipinski definition) is 2. The van der Waals surface area contributed by atoms with Crippen LogP contribution >= 0.6 is 0 Å². The molecule has 100 valence electrons. The molecule has 0 saturated heterocycles. The molecule has 0 spiro atoms. The van der Waals surface area contributed by atoms with E-state index in [4.69, 9.17) is 5.73 Å². The zero-order valence-electron chi connectivity index (χ0n) is 10.1. The highest BCUT2D eigenvalue weighted by Crippen LogP contribution is 2.16. The van der Waals surface area contributed by atoms with Crippen molar-refractivity contribution >= 4 is 15.9 Å². The number of benzene rings is 1. The Morgan fingerprint density at radius 2 is 2.11 bits per heavy atom. The van der Waals surface area contributed by atoms with Gasteiger partial charge in [-0.25, -0.2) is 12.8 Å². The van der Waals surface area contributed by atoms with Crippen LogP contribution in [0.3, 0.4) is 0 Å². The van der Waals surface area contributed by atoms with E-state index in [9.17, 15) is 17.6 Å². The fourth-order valence-electron chi connectivity index (χ4n) is 1.29. The first-order valence-corrected chi connectivity index (χ1v) is 6.79. The van der Waals surface area contributed by atoms with Crippen LogP contribution in [-0.2, 0) is 14.8 Å². The molecule has 1 atom stereocenters. The van der Waals surface area contributed by atoms with Gasteiger partial charge in [-0.1, -0.05) is 13.0 Å². The standard InChI is InChI=1S/C11H15FN2O3S/c1-3-11(2,10(13)15)14-18(16,17)9-6-4-5-8(12)7-9/h4-7,14H,3H2,1-2H3,(H2,13,15). The van der Waals surface area contributed by atoms with Gasteiger partial charge >= 0.3 is 0 Å². The molecular weight excluding hydrogens is 259 g/mol. The number of hydrogen-bond acceptors (Lipinski definition) is 3. The van der Waals surface area contributed by atoms with Crippen molar-refractivity contribution < 1.29 is 17.6 Å². The lowest BCUT2D eigenvalue weighted by Crippen LogP contribution is -2.54. The molecule has 0 saturated carbocycles. The van der Waals surface area contributed by atoms with Gasteiger partial charge in [-0.3, -0.25) is 4.79 Å². The molecule has 1 amide bonds. The molecule has 1 aromatic rings. The van der Waals surface area contributed by atoms with Gasteiger partial charge in [0.2, 0.25) is 15.9 Å². The minimum atomic E-state index is -3.99. The van der Waals surface area contributed by atoms with E-state index >= 15 is 0 Å². The molecule has 1 unspecified atom stereocenters. The van der Waals surface area contributed by atoms with Crippen molar-refractivity contribution in [2.24, 2.45) is 5.73 Å². The number of carbonyl (C=O) groups is 1. The Bertz CT molecular complexity index is 559. The second-order valence-corrected chi connectivity index (χ2v) is 5.80. The predicted octanol–water partition coefficient (Wildman–Crippen LogP) is 0.758. The zero-order chi connectivity index (χ0) is 14.0. The van der Waals surface area contributed by atoms with Gasteiger partial charge < -0.3 is 5.73 Å². The Balaban J connectivity index is 3.13. The summed E-state index contributed by atoms with van der Waals surface area (Å²) in [7, 11) is -3.99. The molecule has 0 bridgehead atoms. The van der Waals surface area contributed by atoms with Crippen LogP contribution in [0, 0.1) is 5.82 Å². The smallest absolute Gasteiger partial charge is 0.241 e. The van der Waals surface area contributed by atoms with Crippen LogP contribution in [0.15, 0.2) is 29.2 Å². The van der Waals surface area contributed by atoms with Crippen LogP contribution in [0.4, 0.5) is 4.39 Å². The molecule has 0 aliphatic carbocycles. The first-order chi connectivity index (χ1) is 8.21. The van der Waals surface area contributed by atoms with E-state index in [2.05, 4.69) is 4.72 Å². The van der Waals surface area contributed by atoms with E-state index in [-0.39, 0.29) is 11.3 Å². The topological polar surface area (TPSA) is 89.3 Å². The summed E-state index contributed by atoms with van der Waals surface area (Å²) in [5.74, 6) is -1.46. The fourth-order valence-corrected chi connectivity index (χ4v) is 2.77. The number of nitrogens with one attached hydrogen (secondary N) is 1. The first kappa shape index (κ1) is 14.6. The number of primary amides is 1. The Morgan fingerprint density at radius 1 is 1.50 bits per heavy atom. The van der Waals surface area contributed by atoms with Gasteiger partial charge in [0, 0.05) is 0 Å². The second-order valence-electron chi connectivity index (χ2n) is 4.11. The maximum absolute atomic E-state index is 13.0. The van der Waals surface area contributed by atoms with Gasteiger partial charge in [0.05, 0.1) is 4.90 Å². The minimum absolute atomic E-state index is 0.191. The zero-order valence-corrected chi connectivity index (χ0v) is 10.9. The number of amides is 1. The maximum atomic E-state index is 13.0. The molecule has 7 heteroatoms. The van der Waals surface area contributed by atoms with Crippen molar-refractivity contribution in [2.45, 2.75) is 30.7 Å². The van der Waals surface area contributed by atoms with E-state index in [1.807, 2.05) is 0 Å². The summed E-state index contributed by atoms with van der Waals surface area (Å²) in [6.45, 7) is 3.00. The molecule has 0 aliphatic rings. The number of halogens is 1. The normalized spacial score (nSPS) is 15.1. The van der Waals surface area contributed by atoms with Gasteiger partial charge in [-0.15, -0.1) is 0 Å². The monoisotopic (exact) mass is 274 g/mol. The van der Waals surface area contributed by atoms with Crippen LogP contribution in [0.25, 0.3) is 0 Å². The minimum Gasteiger partial charge on any atom is -0.368 e. The average Bonchev–Trinajstić information content (AvgIpc) is 2.28. The van der Waals surface area contributed by atoms with Gasteiger partial charge in [0.15, 0.2) is 0 Å². The summed E-state index contributed by atoms with van der Waals surface area (Å²) in [6.07, 6.45) is 0.191. The molecular formula is C11H15FN2O3S. The highest BCUT2D eigenvalue weighted by atomic mass is 32.2. The van der Waals surface area contributed by atoms with Crippen LogP contribution in [0.5, 0.6) is 0 Å². The molecule has 0 heterocycles. The van der Waals surface area contributed by atoms with E-state index in [0.29, 0.717) is 0 Å². The van der Waals surface area contributed by atoms with Crippen molar-refractivity contribution in [1.29, 1.82) is 0 Å².